The van der Waals surface area contributed by atoms with Gasteiger partial charge in [-0.1, -0.05) is 0 Å². The first-order valence-electron chi connectivity index (χ1n) is 6.30. The fraction of sp³-hybridized carbons (Fsp3) is 0.214. The van der Waals surface area contributed by atoms with Gasteiger partial charge in [-0.15, -0.1) is 0 Å². The van der Waals surface area contributed by atoms with Gasteiger partial charge in [0.15, 0.2) is 17.3 Å². The van der Waals surface area contributed by atoms with Crippen molar-refractivity contribution in [2.45, 2.75) is 19.3 Å². The summed E-state index contributed by atoms with van der Waals surface area (Å²) in [4.78, 5) is 16.9. The van der Waals surface area contributed by atoms with Gasteiger partial charge >= 0.3 is 0 Å². The number of nitrogens with one attached hydrogen (secondary N) is 1. The molecule has 0 spiro atoms. The number of aromatic amines is 1. The van der Waals surface area contributed by atoms with Crippen LogP contribution in [0, 0.1) is 17.1 Å². The molecule has 2 rings (SSSR count). The van der Waals surface area contributed by atoms with Gasteiger partial charge in [-0.2, -0.15) is 14.0 Å². The van der Waals surface area contributed by atoms with E-state index in [1.54, 1.807) is 0 Å². The third-order valence-corrected chi connectivity index (χ3v) is 2.87. The Balaban J connectivity index is 2.64. The number of benzene rings is 1. The van der Waals surface area contributed by atoms with Crippen molar-refractivity contribution in [3.05, 3.63) is 51.5 Å². The summed E-state index contributed by atoms with van der Waals surface area (Å²) < 4.78 is 71.4. The van der Waals surface area contributed by atoms with Crippen LogP contribution < -0.4 is 10.3 Å². The van der Waals surface area contributed by atoms with Crippen LogP contribution in [0.2, 0.25) is 0 Å². The van der Waals surface area contributed by atoms with Crippen molar-refractivity contribution < 1.29 is 26.7 Å². The molecule has 2 aromatic rings. The highest BCUT2D eigenvalue weighted by molar-refractivity contribution is 5.45. The van der Waals surface area contributed by atoms with E-state index in [0.29, 0.717) is 25.4 Å². The van der Waals surface area contributed by atoms with Gasteiger partial charge in [-0.3, -0.25) is 4.79 Å². The number of hydrogen-bond acceptors (Lipinski definition) is 4. The average Bonchev–Trinajstić information content (AvgIpc) is 2.49. The van der Waals surface area contributed by atoms with Crippen LogP contribution in [0.5, 0.6) is 11.5 Å². The molecule has 1 aromatic carbocycles. The number of nitrogens with zero attached hydrogens (tertiary/aromatic N) is 2. The van der Waals surface area contributed by atoms with Gasteiger partial charge in [0.2, 0.25) is 5.75 Å². The Kier molecular flexibility index (Phi) is 4.54. The van der Waals surface area contributed by atoms with Crippen LogP contribution in [0.25, 0.3) is 0 Å². The first kappa shape index (κ1) is 17.4. The van der Waals surface area contributed by atoms with E-state index in [1.807, 2.05) is 4.98 Å². The number of halogens is 5. The van der Waals surface area contributed by atoms with E-state index in [9.17, 15) is 26.7 Å². The van der Waals surface area contributed by atoms with Crippen LogP contribution in [0.1, 0.15) is 30.2 Å². The monoisotopic (exact) mass is 345 g/mol. The molecule has 0 aliphatic rings. The molecule has 0 saturated carbocycles. The molecule has 1 N–H and O–H groups in total. The Bertz CT molecular complexity index is 868. The molecule has 1 heterocycles. The van der Waals surface area contributed by atoms with Crippen LogP contribution in [0.15, 0.2) is 23.3 Å². The molecule has 126 valence electrons. The molecule has 0 saturated heterocycles. The highest BCUT2D eigenvalue weighted by atomic mass is 19.3. The first-order valence-corrected chi connectivity index (χ1v) is 6.30. The predicted molar refractivity (Wildman–Crippen MR) is 70.6 cm³/mol. The van der Waals surface area contributed by atoms with E-state index in [2.05, 4.69) is 4.98 Å². The summed E-state index contributed by atoms with van der Waals surface area (Å²) in [7, 11) is 0. The zero-order chi connectivity index (χ0) is 18.1. The highest BCUT2D eigenvalue weighted by Crippen LogP contribution is 2.35. The summed E-state index contributed by atoms with van der Waals surface area (Å²) in [6.45, 7) is 0.425. The lowest BCUT2D eigenvalue weighted by atomic mass is 10.1. The molecule has 0 bridgehead atoms. The second-order valence-corrected chi connectivity index (χ2v) is 4.69. The summed E-state index contributed by atoms with van der Waals surface area (Å²) in [6.07, 6.45) is -2.38. The van der Waals surface area contributed by atoms with Gasteiger partial charge in [0.1, 0.15) is 6.07 Å². The molecule has 0 aliphatic carbocycles. The minimum atomic E-state index is -3.61. The van der Waals surface area contributed by atoms with Crippen LogP contribution in [0.3, 0.4) is 0 Å². The number of hydrogen-bond donors (Lipinski definition) is 1. The topological polar surface area (TPSA) is 78.8 Å². The third-order valence-electron chi connectivity index (χ3n) is 2.87. The summed E-state index contributed by atoms with van der Waals surface area (Å²) in [5, 5.41) is 8.76. The van der Waals surface area contributed by atoms with Crippen molar-refractivity contribution in [3.63, 3.8) is 0 Å². The van der Waals surface area contributed by atoms with Gasteiger partial charge in [0.25, 0.3) is 17.9 Å². The van der Waals surface area contributed by atoms with E-state index in [1.165, 1.54) is 6.07 Å². The normalized spacial score (nSPS) is 11.4. The smallest absolute Gasteiger partial charge is 0.294 e. The van der Waals surface area contributed by atoms with Crippen LogP contribution in [0.4, 0.5) is 22.0 Å². The summed E-state index contributed by atoms with van der Waals surface area (Å²) in [5.41, 5.74) is -3.82. The largest absolute Gasteiger partial charge is 0.446 e. The van der Waals surface area contributed by atoms with Crippen molar-refractivity contribution >= 4 is 0 Å². The quantitative estimate of drug-likeness (QED) is 0.859. The molecule has 0 atom stereocenters. The summed E-state index contributed by atoms with van der Waals surface area (Å²) >= 11 is 0. The van der Waals surface area contributed by atoms with E-state index in [0.717, 1.165) is 0 Å². The summed E-state index contributed by atoms with van der Waals surface area (Å²) in [6, 6.07) is 2.45. The summed E-state index contributed by atoms with van der Waals surface area (Å²) in [5.74, 6) is -7.00. The van der Waals surface area contributed by atoms with Gasteiger partial charge in [-0.25, -0.2) is 18.2 Å². The lowest BCUT2D eigenvalue weighted by Gasteiger charge is -2.15. The minimum absolute atomic E-state index is 0.425. The zero-order valence-electron chi connectivity index (χ0n) is 11.9. The molecule has 0 fully saturated rings. The van der Waals surface area contributed by atoms with Crippen LogP contribution in [-0.2, 0) is 5.92 Å². The molecular formula is C14H8F5N3O2. The van der Waals surface area contributed by atoms with E-state index < -0.39 is 52.0 Å². The van der Waals surface area contributed by atoms with Crippen LogP contribution in [-0.4, -0.2) is 9.97 Å². The lowest BCUT2D eigenvalue weighted by molar-refractivity contribution is 0.0102. The second kappa shape index (κ2) is 6.27. The number of rotatable bonds is 4. The maximum absolute atomic E-state index is 14.0. The maximum Gasteiger partial charge on any atom is 0.294 e. The predicted octanol–water partition coefficient (Wildman–Crippen LogP) is 3.62. The molecule has 24 heavy (non-hydrogen) atoms. The first-order chi connectivity index (χ1) is 11.1. The molecule has 0 aliphatic heterocycles. The van der Waals surface area contributed by atoms with Crippen molar-refractivity contribution in [2.24, 2.45) is 0 Å². The van der Waals surface area contributed by atoms with E-state index in [-0.39, 0.29) is 0 Å². The number of aromatic nitrogens is 2. The fourth-order valence-corrected chi connectivity index (χ4v) is 1.81. The molecule has 0 amide bonds. The molecule has 0 radical (unpaired) electrons. The Morgan fingerprint density at radius 1 is 1.38 bits per heavy atom. The average molecular weight is 345 g/mol. The van der Waals surface area contributed by atoms with Gasteiger partial charge in [0.05, 0.1) is 11.9 Å². The number of nitriles is 1. The molecular weight excluding hydrogens is 337 g/mol. The SMILES string of the molecule is CC(F)(F)c1nc[nH]c(=O)c1Oc1cc(C(F)F)cc(C#N)c1F. The highest BCUT2D eigenvalue weighted by Gasteiger charge is 2.33. The Morgan fingerprint density at radius 2 is 2.04 bits per heavy atom. The van der Waals surface area contributed by atoms with E-state index in [4.69, 9.17) is 10.00 Å². The standard InChI is InChI=1S/C14H8F5N3O2/c1-14(18,19)11-10(13(23)22-5-21-11)24-8-3-6(12(16)17)2-7(4-20)9(8)15/h2-3,5,12H,1H3,(H,21,22,23). The van der Waals surface area contributed by atoms with Crippen molar-refractivity contribution in [2.75, 3.05) is 0 Å². The Labute approximate surface area is 131 Å². The molecule has 5 nitrogen and oxygen atoms in total. The zero-order valence-corrected chi connectivity index (χ0v) is 11.9. The number of alkyl halides is 4. The lowest BCUT2D eigenvalue weighted by Crippen LogP contribution is -2.20. The van der Waals surface area contributed by atoms with Gasteiger partial charge in [0, 0.05) is 12.5 Å². The molecule has 0 unspecified atom stereocenters. The minimum Gasteiger partial charge on any atom is -0.446 e. The van der Waals surface area contributed by atoms with Crippen molar-refractivity contribution in [1.29, 1.82) is 5.26 Å². The van der Waals surface area contributed by atoms with Crippen LogP contribution >= 0.6 is 0 Å². The number of ether oxygens (including phenoxy) is 1. The van der Waals surface area contributed by atoms with Crippen molar-refractivity contribution in [1.82, 2.24) is 9.97 Å². The fourth-order valence-electron chi connectivity index (χ4n) is 1.81. The molecule has 10 heteroatoms. The Hall–Kier alpha value is -2.96. The molecule has 1 aromatic heterocycles. The van der Waals surface area contributed by atoms with Gasteiger partial charge < -0.3 is 9.72 Å². The maximum atomic E-state index is 14.0. The van der Waals surface area contributed by atoms with Crippen molar-refractivity contribution in [3.8, 4) is 17.6 Å². The Morgan fingerprint density at radius 3 is 2.58 bits per heavy atom. The third kappa shape index (κ3) is 3.34. The number of H-pyrrole nitrogens is 1. The van der Waals surface area contributed by atoms with E-state index >= 15 is 0 Å². The second-order valence-electron chi connectivity index (χ2n) is 4.69. The van der Waals surface area contributed by atoms with Gasteiger partial charge in [-0.05, 0) is 12.1 Å².